The van der Waals surface area contributed by atoms with Gasteiger partial charge in [0, 0.05) is 18.8 Å². The van der Waals surface area contributed by atoms with Crippen molar-refractivity contribution in [3.05, 3.63) is 23.9 Å². The van der Waals surface area contributed by atoms with Gasteiger partial charge in [0.15, 0.2) is 0 Å². The molecule has 0 aromatic carbocycles. The third-order valence-electron chi connectivity index (χ3n) is 4.38. The number of nitrogens with two attached hydrogens (primary N) is 1. The standard InChI is InChI=1S/C18H29N3O2/c1-3-10-18(2,19)17(22)21-13-14-9-11-20-16(12-14)23-15-7-5-4-6-8-15/h9,11-12,15H,3-8,10,13,19H2,1-2H3,(H,21,22). The quantitative estimate of drug-likeness (QED) is 0.810. The van der Waals surface area contributed by atoms with E-state index in [9.17, 15) is 4.79 Å². The van der Waals surface area contributed by atoms with Crippen LogP contribution in [-0.2, 0) is 11.3 Å². The fourth-order valence-corrected chi connectivity index (χ4v) is 3.00. The molecule has 1 aromatic rings. The molecule has 3 N–H and O–H groups in total. The van der Waals surface area contributed by atoms with E-state index < -0.39 is 5.54 Å². The van der Waals surface area contributed by atoms with Crippen LogP contribution >= 0.6 is 0 Å². The molecule has 1 heterocycles. The molecule has 1 aliphatic carbocycles. The Labute approximate surface area is 139 Å². The Morgan fingerprint density at radius 1 is 1.43 bits per heavy atom. The van der Waals surface area contributed by atoms with Crippen LogP contribution in [-0.4, -0.2) is 22.5 Å². The summed E-state index contributed by atoms with van der Waals surface area (Å²) in [7, 11) is 0. The summed E-state index contributed by atoms with van der Waals surface area (Å²) in [6.07, 6.45) is 9.52. The molecule has 2 rings (SSSR count). The summed E-state index contributed by atoms with van der Waals surface area (Å²) in [4.78, 5) is 16.4. The van der Waals surface area contributed by atoms with Crippen LogP contribution < -0.4 is 15.8 Å². The average molecular weight is 319 g/mol. The van der Waals surface area contributed by atoms with Gasteiger partial charge in [-0.05, 0) is 50.7 Å². The molecule has 0 bridgehead atoms. The lowest BCUT2D eigenvalue weighted by Crippen LogP contribution is -2.51. The molecule has 0 radical (unpaired) electrons. The number of nitrogens with zero attached hydrogens (tertiary/aromatic N) is 1. The molecule has 1 saturated carbocycles. The van der Waals surface area contributed by atoms with Crippen molar-refractivity contribution in [1.29, 1.82) is 0 Å². The van der Waals surface area contributed by atoms with Gasteiger partial charge in [-0.1, -0.05) is 19.8 Å². The summed E-state index contributed by atoms with van der Waals surface area (Å²) < 4.78 is 5.96. The fourth-order valence-electron chi connectivity index (χ4n) is 3.00. The van der Waals surface area contributed by atoms with Crippen LogP contribution in [0.1, 0.15) is 64.4 Å². The van der Waals surface area contributed by atoms with E-state index in [2.05, 4.69) is 10.3 Å². The van der Waals surface area contributed by atoms with E-state index in [1.165, 1.54) is 19.3 Å². The summed E-state index contributed by atoms with van der Waals surface area (Å²) >= 11 is 0. The van der Waals surface area contributed by atoms with E-state index in [0.717, 1.165) is 24.8 Å². The molecule has 1 aliphatic rings. The monoisotopic (exact) mass is 319 g/mol. The van der Waals surface area contributed by atoms with E-state index >= 15 is 0 Å². The van der Waals surface area contributed by atoms with Crippen molar-refractivity contribution in [1.82, 2.24) is 10.3 Å². The van der Waals surface area contributed by atoms with Crippen molar-refractivity contribution in [2.75, 3.05) is 0 Å². The highest BCUT2D eigenvalue weighted by Crippen LogP contribution is 2.22. The highest BCUT2D eigenvalue weighted by molar-refractivity contribution is 5.85. The Hall–Kier alpha value is -1.62. The molecule has 1 unspecified atom stereocenters. The first-order valence-electron chi connectivity index (χ1n) is 8.70. The van der Waals surface area contributed by atoms with Gasteiger partial charge in [0.25, 0.3) is 0 Å². The summed E-state index contributed by atoms with van der Waals surface area (Å²) in [6, 6.07) is 3.80. The van der Waals surface area contributed by atoms with Crippen LogP contribution in [0, 0.1) is 0 Å². The third-order valence-corrected chi connectivity index (χ3v) is 4.38. The molecule has 1 atom stereocenters. The van der Waals surface area contributed by atoms with Gasteiger partial charge in [-0.3, -0.25) is 4.79 Å². The number of carbonyl (C=O) groups excluding carboxylic acids is 1. The first kappa shape index (κ1) is 17.7. The molecule has 5 nitrogen and oxygen atoms in total. The predicted molar refractivity (Wildman–Crippen MR) is 91.1 cm³/mol. The lowest BCUT2D eigenvalue weighted by atomic mass is 9.96. The van der Waals surface area contributed by atoms with E-state index in [-0.39, 0.29) is 12.0 Å². The highest BCUT2D eigenvalue weighted by atomic mass is 16.5. The molecule has 1 aromatic heterocycles. The van der Waals surface area contributed by atoms with Crippen molar-refractivity contribution in [3.63, 3.8) is 0 Å². The first-order valence-corrected chi connectivity index (χ1v) is 8.70. The van der Waals surface area contributed by atoms with Crippen molar-refractivity contribution in [2.45, 2.75) is 77.0 Å². The van der Waals surface area contributed by atoms with E-state index in [1.807, 2.05) is 19.1 Å². The molecule has 128 valence electrons. The second kappa shape index (κ2) is 8.29. The Balaban J connectivity index is 1.88. The maximum absolute atomic E-state index is 12.1. The Kier molecular flexibility index (Phi) is 6.39. The lowest BCUT2D eigenvalue weighted by Gasteiger charge is -2.23. The van der Waals surface area contributed by atoms with Crippen LogP contribution in [0.5, 0.6) is 5.88 Å². The molecule has 0 spiro atoms. The zero-order chi connectivity index (χ0) is 16.7. The number of carbonyl (C=O) groups is 1. The van der Waals surface area contributed by atoms with Crippen molar-refractivity contribution < 1.29 is 9.53 Å². The molecular weight excluding hydrogens is 290 g/mol. The summed E-state index contributed by atoms with van der Waals surface area (Å²) in [5, 5.41) is 2.91. The molecule has 1 fully saturated rings. The molecule has 5 heteroatoms. The van der Waals surface area contributed by atoms with E-state index in [4.69, 9.17) is 10.5 Å². The zero-order valence-corrected chi connectivity index (χ0v) is 14.3. The van der Waals surface area contributed by atoms with Crippen molar-refractivity contribution in [2.24, 2.45) is 5.73 Å². The number of pyridine rings is 1. The Morgan fingerprint density at radius 2 is 2.17 bits per heavy atom. The largest absolute Gasteiger partial charge is 0.474 e. The number of rotatable bonds is 7. The third kappa shape index (κ3) is 5.50. The number of hydrogen-bond donors (Lipinski definition) is 2. The Bertz CT molecular complexity index is 511. The summed E-state index contributed by atoms with van der Waals surface area (Å²) in [5.74, 6) is 0.527. The predicted octanol–water partition coefficient (Wildman–Crippen LogP) is 2.93. The van der Waals surface area contributed by atoms with E-state index in [0.29, 0.717) is 18.8 Å². The van der Waals surface area contributed by atoms with E-state index in [1.54, 1.807) is 13.1 Å². The van der Waals surface area contributed by atoms with Gasteiger partial charge in [0.1, 0.15) is 6.10 Å². The number of ether oxygens (including phenoxy) is 1. The first-order chi connectivity index (χ1) is 11.0. The molecule has 1 amide bonds. The normalized spacial score (nSPS) is 18.2. The van der Waals surface area contributed by atoms with Crippen LogP contribution in [0.25, 0.3) is 0 Å². The second-order valence-corrected chi connectivity index (χ2v) is 6.73. The second-order valence-electron chi connectivity index (χ2n) is 6.73. The summed E-state index contributed by atoms with van der Waals surface area (Å²) in [5.41, 5.74) is 6.20. The molecule has 0 aliphatic heterocycles. The zero-order valence-electron chi connectivity index (χ0n) is 14.3. The maximum atomic E-state index is 12.1. The minimum atomic E-state index is -0.816. The summed E-state index contributed by atoms with van der Waals surface area (Å²) in [6.45, 7) is 4.24. The van der Waals surface area contributed by atoms with Gasteiger partial charge in [-0.2, -0.15) is 0 Å². The number of hydrogen-bond acceptors (Lipinski definition) is 4. The van der Waals surface area contributed by atoms with Gasteiger partial charge in [0.05, 0.1) is 5.54 Å². The van der Waals surface area contributed by atoms with Crippen LogP contribution in [0.15, 0.2) is 18.3 Å². The smallest absolute Gasteiger partial charge is 0.240 e. The van der Waals surface area contributed by atoms with Crippen molar-refractivity contribution >= 4 is 5.91 Å². The molecule has 23 heavy (non-hydrogen) atoms. The topological polar surface area (TPSA) is 77.2 Å². The highest BCUT2D eigenvalue weighted by Gasteiger charge is 2.26. The van der Waals surface area contributed by atoms with Gasteiger partial charge < -0.3 is 15.8 Å². The molecular formula is C18H29N3O2. The Morgan fingerprint density at radius 3 is 2.87 bits per heavy atom. The van der Waals surface area contributed by atoms with Crippen LogP contribution in [0.3, 0.4) is 0 Å². The lowest BCUT2D eigenvalue weighted by molar-refractivity contribution is -0.126. The molecule has 0 saturated heterocycles. The van der Waals surface area contributed by atoms with Gasteiger partial charge in [-0.25, -0.2) is 4.98 Å². The maximum Gasteiger partial charge on any atom is 0.240 e. The van der Waals surface area contributed by atoms with Crippen LogP contribution in [0.2, 0.25) is 0 Å². The van der Waals surface area contributed by atoms with Gasteiger partial charge >= 0.3 is 0 Å². The number of aromatic nitrogens is 1. The number of nitrogens with one attached hydrogen (secondary N) is 1. The van der Waals surface area contributed by atoms with Crippen molar-refractivity contribution in [3.8, 4) is 5.88 Å². The SMILES string of the molecule is CCCC(C)(N)C(=O)NCc1ccnc(OC2CCCCC2)c1. The minimum absolute atomic E-state index is 0.120. The fraction of sp³-hybridized carbons (Fsp3) is 0.667. The van der Waals surface area contributed by atoms with Gasteiger partial charge in [-0.15, -0.1) is 0 Å². The minimum Gasteiger partial charge on any atom is -0.474 e. The average Bonchev–Trinajstić information content (AvgIpc) is 2.54. The number of amides is 1. The van der Waals surface area contributed by atoms with Gasteiger partial charge in [0.2, 0.25) is 11.8 Å². The van der Waals surface area contributed by atoms with Crippen LogP contribution in [0.4, 0.5) is 0 Å².